The molecule has 3 aliphatic carbocycles. The summed E-state index contributed by atoms with van der Waals surface area (Å²) >= 11 is 0. The van der Waals surface area contributed by atoms with Crippen molar-refractivity contribution in [3.8, 4) is 0 Å². The molecule has 2 nitrogen and oxygen atoms in total. The third-order valence-electron chi connectivity index (χ3n) is 7.49. The quantitative estimate of drug-likeness (QED) is 0.717. The Morgan fingerprint density at radius 3 is 2.45 bits per heavy atom. The number of hydrogen-bond acceptors (Lipinski definition) is 2. The van der Waals surface area contributed by atoms with E-state index in [1.54, 1.807) is 0 Å². The first-order valence-corrected chi connectivity index (χ1v) is 8.86. The van der Waals surface area contributed by atoms with Crippen molar-refractivity contribution in [2.24, 2.45) is 28.1 Å². The topological polar surface area (TPSA) is 40.5 Å². The Hall–Kier alpha value is -0.600. The van der Waals surface area contributed by atoms with Gasteiger partial charge in [0.2, 0.25) is 0 Å². The van der Waals surface area contributed by atoms with Crippen LogP contribution in [0.15, 0.2) is 24.3 Å². The van der Waals surface area contributed by atoms with Crippen LogP contribution in [0.3, 0.4) is 0 Å². The maximum absolute atomic E-state index is 10.4. The van der Waals surface area contributed by atoms with Gasteiger partial charge in [0.05, 0.1) is 12.2 Å². The first-order valence-electron chi connectivity index (χ1n) is 8.86. The van der Waals surface area contributed by atoms with E-state index in [0.717, 1.165) is 6.42 Å². The fraction of sp³-hybridized carbons (Fsp3) is 0.800. The average Bonchev–Trinajstić information content (AvgIpc) is 2.47. The second kappa shape index (κ2) is 4.95. The maximum atomic E-state index is 10.4. The molecule has 0 aromatic carbocycles. The van der Waals surface area contributed by atoms with Gasteiger partial charge in [-0.25, -0.2) is 0 Å². The van der Waals surface area contributed by atoms with Crippen LogP contribution >= 0.6 is 0 Å². The molecule has 0 aliphatic heterocycles. The molecular formula is C20H32O2. The van der Waals surface area contributed by atoms with Gasteiger partial charge in [-0.2, -0.15) is 0 Å². The van der Waals surface area contributed by atoms with Gasteiger partial charge in [-0.3, -0.25) is 0 Å². The highest BCUT2D eigenvalue weighted by Gasteiger charge is 2.56. The van der Waals surface area contributed by atoms with Gasteiger partial charge in [0.25, 0.3) is 0 Å². The van der Waals surface area contributed by atoms with Crippen LogP contribution in [0.2, 0.25) is 0 Å². The molecule has 0 spiro atoms. The molecule has 0 unspecified atom stereocenters. The lowest BCUT2D eigenvalue weighted by atomic mass is 9.46. The Morgan fingerprint density at radius 1 is 1.14 bits per heavy atom. The number of hydrogen-bond donors (Lipinski definition) is 2. The molecule has 0 aromatic rings. The minimum absolute atomic E-state index is 0.184. The molecule has 22 heavy (non-hydrogen) atoms. The van der Waals surface area contributed by atoms with Crippen LogP contribution in [0, 0.1) is 28.1 Å². The van der Waals surface area contributed by atoms with Crippen LogP contribution in [0.4, 0.5) is 0 Å². The van der Waals surface area contributed by atoms with Gasteiger partial charge in [0, 0.05) is 5.41 Å². The molecule has 6 atom stereocenters. The molecule has 124 valence electrons. The summed E-state index contributed by atoms with van der Waals surface area (Å²) in [4.78, 5) is 0. The fourth-order valence-electron chi connectivity index (χ4n) is 5.55. The summed E-state index contributed by atoms with van der Waals surface area (Å²) in [5.41, 5.74) is 1.64. The highest BCUT2D eigenvalue weighted by Crippen LogP contribution is 2.63. The smallest absolute Gasteiger partial charge is 0.0988 e. The molecule has 2 fully saturated rings. The van der Waals surface area contributed by atoms with E-state index >= 15 is 0 Å². The van der Waals surface area contributed by atoms with E-state index in [9.17, 15) is 10.2 Å². The van der Waals surface area contributed by atoms with Gasteiger partial charge in [-0.05, 0) is 54.8 Å². The third-order valence-corrected chi connectivity index (χ3v) is 7.49. The van der Waals surface area contributed by atoms with Crippen LogP contribution in [-0.2, 0) is 0 Å². The van der Waals surface area contributed by atoms with Crippen molar-refractivity contribution in [3.63, 3.8) is 0 Å². The molecule has 3 aliphatic rings. The Morgan fingerprint density at radius 2 is 1.82 bits per heavy atom. The van der Waals surface area contributed by atoms with Gasteiger partial charge in [-0.15, -0.1) is 6.58 Å². The Labute approximate surface area is 135 Å². The molecule has 2 heteroatoms. The second-order valence-corrected chi connectivity index (χ2v) is 9.19. The Balaban J connectivity index is 1.99. The summed E-state index contributed by atoms with van der Waals surface area (Å²) in [6.07, 6.45) is 8.70. The zero-order valence-corrected chi connectivity index (χ0v) is 14.6. The van der Waals surface area contributed by atoms with Gasteiger partial charge < -0.3 is 10.2 Å². The van der Waals surface area contributed by atoms with Crippen molar-refractivity contribution in [1.29, 1.82) is 0 Å². The number of aliphatic hydroxyl groups is 2. The lowest BCUT2D eigenvalue weighted by Crippen LogP contribution is -2.54. The molecule has 2 N–H and O–H groups in total. The molecule has 0 heterocycles. The van der Waals surface area contributed by atoms with E-state index in [-0.39, 0.29) is 16.2 Å². The molecule has 2 saturated carbocycles. The van der Waals surface area contributed by atoms with Crippen LogP contribution in [0.1, 0.15) is 59.8 Å². The summed E-state index contributed by atoms with van der Waals surface area (Å²) in [7, 11) is 0. The monoisotopic (exact) mass is 304 g/mol. The summed E-state index contributed by atoms with van der Waals surface area (Å²) < 4.78 is 0. The second-order valence-electron chi connectivity index (χ2n) is 9.19. The summed E-state index contributed by atoms with van der Waals surface area (Å²) in [6.45, 7) is 13.0. The molecule has 0 aromatic heterocycles. The van der Waals surface area contributed by atoms with Gasteiger partial charge in [0.1, 0.15) is 0 Å². The van der Waals surface area contributed by atoms with Crippen molar-refractivity contribution in [2.45, 2.75) is 72.0 Å². The number of allylic oxidation sites excluding steroid dienone is 2. The molecule has 3 rings (SSSR count). The van der Waals surface area contributed by atoms with Gasteiger partial charge in [0.15, 0.2) is 0 Å². The van der Waals surface area contributed by atoms with E-state index in [1.165, 1.54) is 31.3 Å². The van der Waals surface area contributed by atoms with Crippen molar-refractivity contribution < 1.29 is 10.2 Å². The summed E-state index contributed by atoms with van der Waals surface area (Å²) in [5, 5.41) is 20.8. The average molecular weight is 304 g/mol. The Bertz CT molecular complexity index is 506. The highest BCUT2D eigenvalue weighted by molar-refractivity contribution is 5.30. The predicted octanol–water partition coefficient (Wildman–Crippen LogP) is 4.08. The summed E-state index contributed by atoms with van der Waals surface area (Å²) in [5.74, 6) is 1.07. The predicted molar refractivity (Wildman–Crippen MR) is 90.4 cm³/mol. The first kappa shape index (κ1) is 16.3. The van der Waals surface area contributed by atoms with Crippen molar-refractivity contribution >= 4 is 0 Å². The van der Waals surface area contributed by atoms with Crippen LogP contribution in [-0.4, -0.2) is 22.4 Å². The lowest BCUT2D eigenvalue weighted by Gasteiger charge is -2.59. The van der Waals surface area contributed by atoms with Gasteiger partial charge in [-0.1, -0.05) is 45.4 Å². The zero-order valence-electron chi connectivity index (χ0n) is 14.6. The molecule has 0 saturated heterocycles. The Kier molecular flexibility index (Phi) is 3.66. The summed E-state index contributed by atoms with van der Waals surface area (Å²) in [6, 6.07) is 0. The van der Waals surface area contributed by atoms with Crippen molar-refractivity contribution in [3.05, 3.63) is 24.3 Å². The van der Waals surface area contributed by atoms with Crippen molar-refractivity contribution in [2.75, 3.05) is 0 Å². The van der Waals surface area contributed by atoms with E-state index in [4.69, 9.17) is 0 Å². The normalized spacial score (nSPS) is 50.5. The number of aliphatic hydroxyl groups excluding tert-OH is 2. The first-order chi connectivity index (χ1) is 10.1. The molecule has 0 bridgehead atoms. The van der Waals surface area contributed by atoms with Crippen LogP contribution in [0.5, 0.6) is 0 Å². The number of rotatable bonds is 1. The maximum Gasteiger partial charge on any atom is 0.0988 e. The fourth-order valence-corrected chi connectivity index (χ4v) is 5.55. The van der Waals surface area contributed by atoms with Crippen LogP contribution < -0.4 is 0 Å². The van der Waals surface area contributed by atoms with E-state index in [0.29, 0.717) is 11.8 Å². The zero-order chi connectivity index (χ0) is 16.3. The van der Waals surface area contributed by atoms with E-state index in [1.807, 2.05) is 6.08 Å². The van der Waals surface area contributed by atoms with Gasteiger partial charge >= 0.3 is 0 Å². The molecular weight excluding hydrogens is 272 g/mol. The van der Waals surface area contributed by atoms with E-state index in [2.05, 4.69) is 40.3 Å². The number of fused-ring (bicyclic) bond motifs is 3. The largest absolute Gasteiger partial charge is 0.390 e. The minimum Gasteiger partial charge on any atom is -0.390 e. The lowest BCUT2D eigenvalue weighted by molar-refractivity contribution is -0.0864. The SMILES string of the molecule is C=C[C@]1(C)CC[C@@]2(C)C3=C[C@H](O)[C@H](O)C(C)(C)[C@@H]3CC[C@@H]2C1. The standard InChI is InChI=1S/C20H32O2/c1-6-19(4)9-10-20(5)13(12-19)7-8-14-15(20)11-16(21)17(22)18(14,2)3/h6,11,13-14,16-17,21-22H,1,7-10,12H2,2-5H3/t13-,14-,16+,17+,19-,20-/m1/s1. The van der Waals surface area contributed by atoms with Crippen LogP contribution in [0.25, 0.3) is 0 Å². The highest BCUT2D eigenvalue weighted by atomic mass is 16.3. The minimum atomic E-state index is -0.718. The molecule has 0 amide bonds. The molecule has 0 radical (unpaired) electrons. The third kappa shape index (κ3) is 2.14. The van der Waals surface area contributed by atoms with E-state index < -0.39 is 12.2 Å². The van der Waals surface area contributed by atoms with Crippen molar-refractivity contribution in [1.82, 2.24) is 0 Å².